The van der Waals surface area contributed by atoms with Gasteiger partial charge in [-0.3, -0.25) is 9.59 Å². The largest absolute Gasteiger partial charge is 0.375 e. The van der Waals surface area contributed by atoms with E-state index in [4.69, 9.17) is 4.74 Å². The molecule has 6 nitrogen and oxygen atoms in total. The molecule has 6 heteroatoms. The molecule has 2 aliphatic heterocycles. The van der Waals surface area contributed by atoms with Crippen LogP contribution in [0, 0.1) is 0 Å². The van der Waals surface area contributed by atoms with Crippen LogP contribution in [-0.2, 0) is 20.9 Å². The maximum Gasteiger partial charge on any atom is 0.240 e. The predicted octanol–water partition coefficient (Wildman–Crippen LogP) is 1.20. The molecule has 3 rings (SSSR count). The lowest BCUT2D eigenvalue weighted by molar-refractivity contribution is -0.129. The third-order valence-electron chi connectivity index (χ3n) is 4.64. The van der Waals surface area contributed by atoms with E-state index >= 15 is 0 Å². The summed E-state index contributed by atoms with van der Waals surface area (Å²) in [5.41, 5.74) is 1.95. The van der Waals surface area contributed by atoms with Gasteiger partial charge in [-0.25, -0.2) is 0 Å². The molecule has 2 heterocycles. The number of hydrogen-bond acceptors (Lipinski definition) is 4. The highest BCUT2D eigenvalue weighted by Crippen LogP contribution is 2.21. The van der Waals surface area contributed by atoms with E-state index in [1.165, 1.54) is 0 Å². The third-order valence-corrected chi connectivity index (χ3v) is 4.64. The van der Waals surface area contributed by atoms with E-state index in [1.807, 2.05) is 36.1 Å². The standard InChI is InChI=1S/C18H25N3O3/c1-13-17(19-9-11-24-13)18(23)20-12-14-5-7-15(8-6-14)21-10-3-2-4-16(21)22/h5-8,13,17,19H,2-4,9-12H2,1H3,(H,20,23)/t13-,17+/m1/s1. The Hall–Kier alpha value is -1.92. The van der Waals surface area contributed by atoms with E-state index < -0.39 is 0 Å². The lowest BCUT2D eigenvalue weighted by Gasteiger charge is -2.29. The summed E-state index contributed by atoms with van der Waals surface area (Å²) in [7, 11) is 0. The molecule has 1 aromatic rings. The fourth-order valence-corrected chi connectivity index (χ4v) is 3.20. The first-order chi connectivity index (χ1) is 11.6. The molecule has 2 atom stereocenters. The van der Waals surface area contributed by atoms with Crippen LogP contribution in [0.4, 0.5) is 5.69 Å². The minimum atomic E-state index is -0.302. The second kappa shape index (κ2) is 7.77. The molecular formula is C18H25N3O3. The van der Waals surface area contributed by atoms with Crippen molar-refractivity contribution >= 4 is 17.5 Å². The molecule has 0 aliphatic carbocycles. The number of hydrogen-bond donors (Lipinski definition) is 2. The van der Waals surface area contributed by atoms with E-state index in [2.05, 4.69) is 10.6 Å². The van der Waals surface area contributed by atoms with Gasteiger partial charge < -0.3 is 20.3 Å². The second-order valence-electron chi connectivity index (χ2n) is 6.39. The summed E-state index contributed by atoms with van der Waals surface area (Å²) in [6.07, 6.45) is 2.55. The zero-order valence-corrected chi connectivity index (χ0v) is 14.1. The number of piperidine rings is 1. The van der Waals surface area contributed by atoms with Gasteiger partial charge in [-0.15, -0.1) is 0 Å². The molecule has 2 fully saturated rings. The van der Waals surface area contributed by atoms with Gasteiger partial charge in [0, 0.05) is 31.7 Å². The molecule has 1 aromatic carbocycles. The normalized spacial score (nSPS) is 24.7. The Bertz CT molecular complexity index is 588. The summed E-state index contributed by atoms with van der Waals surface area (Å²) in [6, 6.07) is 7.53. The summed E-state index contributed by atoms with van der Waals surface area (Å²) in [5.74, 6) is 0.150. The van der Waals surface area contributed by atoms with E-state index in [1.54, 1.807) is 0 Å². The van der Waals surface area contributed by atoms with Crippen molar-refractivity contribution < 1.29 is 14.3 Å². The molecule has 0 saturated carbocycles. The molecule has 2 saturated heterocycles. The van der Waals surface area contributed by atoms with Gasteiger partial charge in [-0.1, -0.05) is 12.1 Å². The first kappa shape index (κ1) is 16.9. The van der Waals surface area contributed by atoms with Gasteiger partial charge in [0.1, 0.15) is 6.04 Å². The van der Waals surface area contributed by atoms with Crippen LogP contribution in [0.25, 0.3) is 0 Å². The molecule has 2 amide bonds. The molecule has 130 valence electrons. The van der Waals surface area contributed by atoms with Crippen molar-refractivity contribution in [2.75, 3.05) is 24.6 Å². The van der Waals surface area contributed by atoms with Gasteiger partial charge in [-0.05, 0) is 37.5 Å². The Morgan fingerprint density at radius 3 is 2.83 bits per heavy atom. The summed E-state index contributed by atoms with van der Waals surface area (Å²) in [5, 5.41) is 6.13. The zero-order valence-electron chi connectivity index (χ0n) is 14.1. The number of ether oxygens (including phenoxy) is 1. The topological polar surface area (TPSA) is 70.7 Å². The molecule has 2 N–H and O–H groups in total. The number of benzene rings is 1. The van der Waals surface area contributed by atoms with Gasteiger partial charge in [0.2, 0.25) is 11.8 Å². The van der Waals surface area contributed by atoms with Crippen molar-refractivity contribution in [2.24, 2.45) is 0 Å². The monoisotopic (exact) mass is 331 g/mol. The summed E-state index contributed by atoms with van der Waals surface area (Å²) < 4.78 is 5.50. The number of amides is 2. The number of nitrogens with zero attached hydrogens (tertiary/aromatic N) is 1. The zero-order chi connectivity index (χ0) is 16.9. The predicted molar refractivity (Wildman–Crippen MR) is 91.7 cm³/mol. The van der Waals surface area contributed by atoms with E-state index in [-0.39, 0.29) is 24.0 Å². The minimum Gasteiger partial charge on any atom is -0.375 e. The van der Waals surface area contributed by atoms with Crippen LogP contribution >= 0.6 is 0 Å². The molecular weight excluding hydrogens is 306 g/mol. The average Bonchev–Trinajstić information content (AvgIpc) is 2.61. The molecule has 0 unspecified atom stereocenters. The first-order valence-electron chi connectivity index (χ1n) is 8.67. The third kappa shape index (κ3) is 3.94. The molecule has 0 aromatic heterocycles. The summed E-state index contributed by atoms with van der Waals surface area (Å²) in [4.78, 5) is 26.0. The fourth-order valence-electron chi connectivity index (χ4n) is 3.20. The number of carbonyl (C=O) groups excluding carboxylic acids is 2. The highest BCUT2D eigenvalue weighted by Gasteiger charge is 2.27. The Morgan fingerprint density at radius 1 is 1.33 bits per heavy atom. The Balaban J connectivity index is 1.54. The molecule has 0 bridgehead atoms. The van der Waals surface area contributed by atoms with Gasteiger partial charge in [-0.2, -0.15) is 0 Å². The Labute approximate surface area is 142 Å². The molecule has 24 heavy (non-hydrogen) atoms. The van der Waals surface area contributed by atoms with Gasteiger partial charge in [0.25, 0.3) is 0 Å². The van der Waals surface area contributed by atoms with Crippen molar-refractivity contribution in [1.29, 1.82) is 0 Å². The van der Waals surface area contributed by atoms with Gasteiger partial charge in [0.05, 0.1) is 12.7 Å². The summed E-state index contributed by atoms with van der Waals surface area (Å²) >= 11 is 0. The number of morpholine rings is 1. The summed E-state index contributed by atoms with van der Waals surface area (Å²) in [6.45, 7) is 4.50. The Morgan fingerprint density at radius 2 is 2.12 bits per heavy atom. The van der Waals surface area contributed by atoms with Crippen LogP contribution in [0.2, 0.25) is 0 Å². The van der Waals surface area contributed by atoms with Crippen LogP contribution in [0.5, 0.6) is 0 Å². The smallest absolute Gasteiger partial charge is 0.240 e. The highest BCUT2D eigenvalue weighted by atomic mass is 16.5. The number of anilines is 1. The second-order valence-corrected chi connectivity index (χ2v) is 6.39. The quantitative estimate of drug-likeness (QED) is 0.870. The van der Waals surface area contributed by atoms with E-state index in [0.29, 0.717) is 26.1 Å². The van der Waals surface area contributed by atoms with Crippen LogP contribution < -0.4 is 15.5 Å². The van der Waals surface area contributed by atoms with Crippen molar-refractivity contribution in [3.8, 4) is 0 Å². The number of nitrogens with one attached hydrogen (secondary N) is 2. The van der Waals surface area contributed by atoms with E-state index in [0.717, 1.165) is 30.6 Å². The van der Waals surface area contributed by atoms with Crippen LogP contribution in [0.1, 0.15) is 31.7 Å². The van der Waals surface area contributed by atoms with Crippen molar-refractivity contribution in [3.63, 3.8) is 0 Å². The molecule has 0 spiro atoms. The van der Waals surface area contributed by atoms with Crippen LogP contribution in [0.3, 0.4) is 0 Å². The molecule has 0 radical (unpaired) electrons. The van der Waals surface area contributed by atoms with Crippen LogP contribution in [0.15, 0.2) is 24.3 Å². The fraction of sp³-hybridized carbons (Fsp3) is 0.556. The number of carbonyl (C=O) groups is 2. The van der Waals surface area contributed by atoms with E-state index in [9.17, 15) is 9.59 Å². The minimum absolute atomic E-state index is 0.0440. The maximum atomic E-state index is 12.2. The Kier molecular flexibility index (Phi) is 5.48. The van der Waals surface area contributed by atoms with Crippen molar-refractivity contribution in [3.05, 3.63) is 29.8 Å². The first-order valence-corrected chi connectivity index (χ1v) is 8.67. The van der Waals surface area contributed by atoms with Crippen LogP contribution in [-0.4, -0.2) is 43.7 Å². The van der Waals surface area contributed by atoms with Crippen molar-refractivity contribution in [2.45, 2.75) is 44.9 Å². The maximum absolute atomic E-state index is 12.2. The van der Waals surface area contributed by atoms with Crippen molar-refractivity contribution in [1.82, 2.24) is 10.6 Å². The van der Waals surface area contributed by atoms with Gasteiger partial charge in [0.15, 0.2) is 0 Å². The SMILES string of the molecule is C[C@H]1OCCN[C@@H]1C(=O)NCc1ccc(N2CCCCC2=O)cc1. The molecule has 2 aliphatic rings. The highest BCUT2D eigenvalue weighted by molar-refractivity contribution is 5.93. The number of rotatable bonds is 4. The van der Waals surface area contributed by atoms with Gasteiger partial charge >= 0.3 is 0 Å². The average molecular weight is 331 g/mol. The lowest BCUT2D eigenvalue weighted by Crippen LogP contribution is -2.55. The lowest BCUT2D eigenvalue weighted by atomic mass is 10.1.